The van der Waals surface area contributed by atoms with Crippen LogP contribution in [0.1, 0.15) is 0 Å². The molecule has 5 rings (SSSR count). The van der Waals surface area contributed by atoms with E-state index in [4.69, 9.17) is 37.4 Å². The van der Waals surface area contributed by atoms with Crippen LogP contribution in [0.15, 0.2) is 35.3 Å². The molecule has 0 aliphatic carbocycles. The molecule has 4 heterocycles. The van der Waals surface area contributed by atoms with Gasteiger partial charge in [0.2, 0.25) is 17.7 Å². The van der Waals surface area contributed by atoms with Gasteiger partial charge < -0.3 is 24.4 Å². The Labute approximate surface area is 222 Å². The molecule has 1 fully saturated rings. The predicted octanol–water partition coefficient (Wildman–Crippen LogP) is 3.69. The van der Waals surface area contributed by atoms with Crippen LogP contribution in [0.3, 0.4) is 0 Å². The van der Waals surface area contributed by atoms with Gasteiger partial charge in [-0.3, -0.25) is 9.36 Å². The van der Waals surface area contributed by atoms with Gasteiger partial charge in [-0.15, -0.1) is 0 Å². The third kappa shape index (κ3) is 4.73. The number of aryl methyl sites for hydroxylation is 1. The van der Waals surface area contributed by atoms with Crippen molar-refractivity contribution in [2.24, 2.45) is 7.05 Å². The number of nitrogens with one attached hydrogen (secondary N) is 1. The van der Waals surface area contributed by atoms with Crippen LogP contribution in [0.5, 0.6) is 11.8 Å². The Bertz CT molecular complexity index is 1490. The zero-order chi connectivity index (χ0) is 26.1. The molecule has 0 unspecified atom stereocenters. The zero-order valence-corrected chi connectivity index (χ0v) is 21.8. The fraction of sp³-hybridized carbons (Fsp3) is 0.292. The molecule has 37 heavy (non-hydrogen) atoms. The van der Waals surface area contributed by atoms with Crippen LogP contribution in [0.2, 0.25) is 10.0 Å². The Kier molecular flexibility index (Phi) is 7.00. The van der Waals surface area contributed by atoms with E-state index in [1.54, 1.807) is 7.05 Å². The van der Waals surface area contributed by atoms with Crippen LogP contribution >= 0.6 is 23.2 Å². The van der Waals surface area contributed by atoms with Crippen LogP contribution in [-0.2, 0) is 11.8 Å². The van der Waals surface area contributed by atoms with Crippen molar-refractivity contribution >= 4 is 51.7 Å². The number of fused-ring (bicyclic) bond motifs is 1. The summed E-state index contributed by atoms with van der Waals surface area (Å²) in [6.07, 6.45) is 1.52. The molecule has 1 saturated heterocycles. The lowest BCUT2D eigenvalue weighted by molar-refractivity contribution is 0.122. The second kappa shape index (κ2) is 10.4. The first-order valence-electron chi connectivity index (χ1n) is 11.3. The molecule has 3 aromatic heterocycles. The highest BCUT2D eigenvalue weighted by Gasteiger charge is 2.25. The van der Waals surface area contributed by atoms with Crippen LogP contribution < -0.4 is 25.2 Å². The van der Waals surface area contributed by atoms with Gasteiger partial charge in [-0.2, -0.15) is 9.97 Å². The first-order chi connectivity index (χ1) is 17.9. The Hall–Kier alpha value is -3.67. The molecule has 0 amide bonds. The van der Waals surface area contributed by atoms with Gasteiger partial charge in [0.15, 0.2) is 5.65 Å². The number of nitrogens with zero attached hydrogens (tertiary/aromatic N) is 6. The maximum Gasteiger partial charge on any atom is 0.278 e. The molecule has 0 atom stereocenters. The second-order valence-corrected chi connectivity index (χ2v) is 8.89. The van der Waals surface area contributed by atoms with E-state index in [1.807, 2.05) is 24.3 Å². The first kappa shape index (κ1) is 25.0. The molecular formula is C24H23Cl2N7O4. The molecule has 1 aliphatic rings. The Morgan fingerprint density at radius 1 is 0.973 bits per heavy atom. The van der Waals surface area contributed by atoms with Crippen LogP contribution in [0.4, 0.5) is 17.3 Å². The molecule has 1 aliphatic heterocycles. The van der Waals surface area contributed by atoms with E-state index in [0.717, 1.165) is 37.7 Å². The molecule has 0 saturated carbocycles. The Morgan fingerprint density at radius 3 is 2.24 bits per heavy atom. The van der Waals surface area contributed by atoms with Gasteiger partial charge in [-0.1, -0.05) is 23.2 Å². The number of morpholine rings is 1. The van der Waals surface area contributed by atoms with E-state index in [2.05, 4.69) is 30.2 Å². The molecule has 1 aromatic carbocycles. The summed E-state index contributed by atoms with van der Waals surface area (Å²) in [4.78, 5) is 33.1. The van der Waals surface area contributed by atoms with Crippen LogP contribution in [0, 0.1) is 0 Å². The minimum absolute atomic E-state index is 0.00740. The predicted molar refractivity (Wildman–Crippen MR) is 142 cm³/mol. The molecule has 0 radical (unpaired) electrons. The summed E-state index contributed by atoms with van der Waals surface area (Å²) < 4.78 is 17.2. The highest BCUT2D eigenvalue weighted by molar-refractivity contribution is 6.40. The number of halogens is 2. The van der Waals surface area contributed by atoms with Crippen molar-refractivity contribution in [3.8, 4) is 23.0 Å². The van der Waals surface area contributed by atoms with Gasteiger partial charge in [0.1, 0.15) is 21.3 Å². The van der Waals surface area contributed by atoms with Crippen LogP contribution in [0.25, 0.3) is 22.4 Å². The molecule has 0 spiro atoms. The highest BCUT2D eigenvalue weighted by Crippen LogP contribution is 2.42. The van der Waals surface area contributed by atoms with Gasteiger partial charge in [0.05, 0.1) is 39.2 Å². The summed E-state index contributed by atoms with van der Waals surface area (Å²) in [5.74, 6) is 0.425. The average molecular weight is 544 g/mol. The maximum absolute atomic E-state index is 13.3. The highest BCUT2D eigenvalue weighted by atomic mass is 35.5. The number of benzene rings is 1. The number of hydrogen-bond donors (Lipinski definition) is 1. The van der Waals surface area contributed by atoms with E-state index in [0.29, 0.717) is 17.1 Å². The van der Waals surface area contributed by atoms with Crippen molar-refractivity contribution in [3.63, 3.8) is 0 Å². The lowest BCUT2D eigenvalue weighted by Gasteiger charge is -2.28. The number of hydrogen-bond acceptors (Lipinski definition) is 10. The summed E-state index contributed by atoms with van der Waals surface area (Å²) in [7, 11) is 4.38. The molecular weight excluding hydrogens is 521 g/mol. The van der Waals surface area contributed by atoms with Gasteiger partial charge in [-0.25, -0.2) is 9.97 Å². The van der Waals surface area contributed by atoms with Gasteiger partial charge in [0, 0.05) is 31.5 Å². The third-order valence-corrected chi connectivity index (χ3v) is 6.65. The molecule has 4 aromatic rings. The van der Waals surface area contributed by atoms with E-state index in [9.17, 15) is 4.79 Å². The number of pyridine rings is 1. The minimum atomic E-state index is -0.467. The lowest BCUT2D eigenvalue weighted by atomic mass is 10.2. The summed E-state index contributed by atoms with van der Waals surface area (Å²) in [6, 6.07) is 7.96. The van der Waals surface area contributed by atoms with Gasteiger partial charge in [-0.05, 0) is 24.3 Å². The maximum atomic E-state index is 13.3. The SMILES string of the molecule is COc1nc(OC)c(Cl)c(-c2nc3cnc(Nc4ccc(N5CCOCC5)cc4)nc3n(C)c2=O)c1Cl. The summed E-state index contributed by atoms with van der Waals surface area (Å²) in [5.41, 5.74) is 2.30. The number of anilines is 3. The van der Waals surface area contributed by atoms with Crippen molar-refractivity contribution in [2.75, 3.05) is 50.7 Å². The van der Waals surface area contributed by atoms with Crippen molar-refractivity contribution in [1.82, 2.24) is 24.5 Å². The Balaban J connectivity index is 1.49. The van der Waals surface area contributed by atoms with Gasteiger partial charge in [0.25, 0.3) is 5.56 Å². The third-order valence-electron chi connectivity index (χ3n) is 5.95. The summed E-state index contributed by atoms with van der Waals surface area (Å²) >= 11 is 12.9. The number of rotatable bonds is 6. The number of methoxy groups -OCH3 is 2. The van der Waals surface area contributed by atoms with E-state index < -0.39 is 5.56 Å². The summed E-state index contributed by atoms with van der Waals surface area (Å²) in [6.45, 7) is 3.16. The van der Waals surface area contributed by atoms with E-state index in [-0.39, 0.29) is 33.1 Å². The zero-order valence-electron chi connectivity index (χ0n) is 20.3. The smallest absolute Gasteiger partial charge is 0.278 e. The van der Waals surface area contributed by atoms with Crippen LogP contribution in [-0.4, -0.2) is 65.0 Å². The Morgan fingerprint density at radius 2 is 1.62 bits per heavy atom. The lowest BCUT2D eigenvalue weighted by Crippen LogP contribution is -2.36. The van der Waals surface area contributed by atoms with E-state index >= 15 is 0 Å². The topological polar surface area (TPSA) is 117 Å². The summed E-state index contributed by atoms with van der Waals surface area (Å²) in [5, 5.41) is 3.25. The van der Waals surface area contributed by atoms with Crippen molar-refractivity contribution in [3.05, 3.63) is 50.9 Å². The monoisotopic (exact) mass is 543 g/mol. The largest absolute Gasteiger partial charge is 0.480 e. The standard InChI is InChI=1S/C24H23Cl2N7O4/c1-32-20-15(29-19(23(32)34)16-17(25)21(35-2)31-22(36-3)18(16)26)12-27-24(30-20)28-13-4-6-14(7-5-13)33-8-10-37-11-9-33/h4-7,12H,8-11H2,1-3H3,(H,27,28,30). The minimum Gasteiger partial charge on any atom is -0.480 e. The molecule has 1 N–H and O–H groups in total. The average Bonchev–Trinajstić information content (AvgIpc) is 2.93. The van der Waals surface area contributed by atoms with Crippen molar-refractivity contribution in [1.29, 1.82) is 0 Å². The molecule has 0 bridgehead atoms. The first-order valence-corrected chi connectivity index (χ1v) is 12.1. The van der Waals surface area contributed by atoms with E-state index in [1.165, 1.54) is 25.0 Å². The molecule has 13 heteroatoms. The fourth-order valence-corrected chi connectivity index (χ4v) is 4.68. The number of aromatic nitrogens is 5. The van der Waals surface area contributed by atoms with Crippen molar-refractivity contribution in [2.45, 2.75) is 0 Å². The number of ether oxygens (including phenoxy) is 3. The fourth-order valence-electron chi connectivity index (χ4n) is 4.02. The van der Waals surface area contributed by atoms with Gasteiger partial charge >= 0.3 is 0 Å². The molecule has 192 valence electrons. The van der Waals surface area contributed by atoms with Crippen molar-refractivity contribution < 1.29 is 14.2 Å². The second-order valence-electron chi connectivity index (χ2n) is 8.13. The quantitative estimate of drug-likeness (QED) is 0.385. The normalized spacial score (nSPS) is 13.6. The molecule has 11 nitrogen and oxygen atoms in total.